The molecule has 4 nitrogen and oxygen atoms in total. The molecule has 0 aromatic heterocycles. The smallest absolute Gasteiger partial charge is 0.339 e. The largest absolute Gasteiger partial charge is 0.478 e. The molecule has 2 rings (SSSR count). The highest BCUT2D eigenvalue weighted by Crippen LogP contribution is 2.28. The lowest BCUT2D eigenvalue weighted by atomic mass is 10.00. The van der Waals surface area contributed by atoms with E-state index in [4.69, 9.17) is 0 Å². The zero-order chi connectivity index (χ0) is 14.0. The van der Waals surface area contributed by atoms with Gasteiger partial charge in [-0.1, -0.05) is 12.5 Å². The maximum Gasteiger partial charge on any atom is 0.339 e. The Labute approximate surface area is 121 Å². The third-order valence-electron chi connectivity index (χ3n) is 3.67. The number of carboxylic acid groups (broad SMARTS) is 1. The number of halogens is 1. The summed E-state index contributed by atoms with van der Waals surface area (Å²) >= 11 is 3.30. The van der Waals surface area contributed by atoms with Crippen LogP contribution in [0.4, 0.5) is 5.69 Å². The SMILES string of the molecule is CC1CCCC(C)N1Nc1cccc(Br)c1C(=O)O. The molecule has 0 spiro atoms. The molecule has 1 heterocycles. The van der Waals surface area contributed by atoms with Crippen molar-refractivity contribution in [1.82, 2.24) is 5.01 Å². The Morgan fingerprint density at radius 3 is 2.58 bits per heavy atom. The number of hydrazine groups is 1. The first-order valence-corrected chi connectivity index (χ1v) is 7.36. The number of nitrogens with one attached hydrogen (secondary N) is 1. The first-order valence-electron chi connectivity index (χ1n) is 6.57. The second-order valence-electron chi connectivity index (χ2n) is 5.12. The van der Waals surface area contributed by atoms with Crippen LogP contribution in [-0.4, -0.2) is 28.2 Å². The topological polar surface area (TPSA) is 52.6 Å². The highest BCUT2D eigenvalue weighted by Gasteiger charge is 2.26. The molecule has 1 fully saturated rings. The summed E-state index contributed by atoms with van der Waals surface area (Å²) in [5.41, 5.74) is 4.22. The lowest BCUT2D eigenvalue weighted by Crippen LogP contribution is -2.47. The molecule has 0 saturated carbocycles. The number of anilines is 1. The highest BCUT2D eigenvalue weighted by molar-refractivity contribution is 9.10. The minimum atomic E-state index is -0.924. The van der Waals surface area contributed by atoms with Crippen LogP contribution in [0.3, 0.4) is 0 Å². The average molecular weight is 327 g/mol. The van der Waals surface area contributed by atoms with Crippen molar-refractivity contribution in [1.29, 1.82) is 0 Å². The normalized spacial score (nSPS) is 24.2. The van der Waals surface area contributed by atoms with E-state index >= 15 is 0 Å². The first kappa shape index (κ1) is 14.3. The van der Waals surface area contributed by atoms with E-state index in [0.29, 0.717) is 22.2 Å². The monoisotopic (exact) mass is 326 g/mol. The fourth-order valence-corrected chi connectivity index (χ4v) is 3.15. The number of carbonyl (C=O) groups is 1. The molecule has 0 aliphatic carbocycles. The summed E-state index contributed by atoms with van der Waals surface area (Å²) < 4.78 is 0.599. The van der Waals surface area contributed by atoms with Crippen molar-refractivity contribution in [3.05, 3.63) is 28.2 Å². The number of hydrogen-bond donors (Lipinski definition) is 2. The zero-order valence-corrected chi connectivity index (χ0v) is 12.8. The van der Waals surface area contributed by atoms with Crippen LogP contribution in [0.25, 0.3) is 0 Å². The van der Waals surface area contributed by atoms with Crippen LogP contribution in [0.1, 0.15) is 43.5 Å². The van der Waals surface area contributed by atoms with E-state index in [1.165, 1.54) is 6.42 Å². The lowest BCUT2D eigenvalue weighted by molar-refractivity contribution is 0.0695. The molecule has 1 aromatic carbocycles. The maximum atomic E-state index is 11.4. The van der Waals surface area contributed by atoms with E-state index < -0.39 is 5.97 Å². The van der Waals surface area contributed by atoms with E-state index in [1.807, 2.05) is 12.1 Å². The fourth-order valence-electron chi connectivity index (χ4n) is 2.62. The average Bonchev–Trinajstić information content (AvgIpc) is 2.33. The second-order valence-corrected chi connectivity index (χ2v) is 5.97. The van der Waals surface area contributed by atoms with Gasteiger partial charge in [-0.2, -0.15) is 0 Å². The second kappa shape index (κ2) is 5.92. The molecule has 0 radical (unpaired) electrons. The lowest BCUT2D eigenvalue weighted by Gasteiger charge is -2.39. The van der Waals surface area contributed by atoms with Gasteiger partial charge in [0.2, 0.25) is 0 Å². The molecule has 0 amide bonds. The Morgan fingerprint density at radius 2 is 2.00 bits per heavy atom. The van der Waals surface area contributed by atoms with Gasteiger partial charge in [0, 0.05) is 16.6 Å². The highest BCUT2D eigenvalue weighted by atomic mass is 79.9. The third kappa shape index (κ3) is 3.09. The van der Waals surface area contributed by atoms with Crippen molar-refractivity contribution in [2.45, 2.75) is 45.2 Å². The number of benzene rings is 1. The predicted molar refractivity (Wildman–Crippen MR) is 79.3 cm³/mol. The van der Waals surface area contributed by atoms with Crippen LogP contribution in [0.5, 0.6) is 0 Å². The Bertz CT molecular complexity index is 469. The molecule has 1 saturated heterocycles. The Balaban J connectivity index is 2.27. The van der Waals surface area contributed by atoms with Crippen molar-refractivity contribution in [3.63, 3.8) is 0 Å². The molecule has 2 N–H and O–H groups in total. The van der Waals surface area contributed by atoms with Gasteiger partial charge in [-0.25, -0.2) is 9.80 Å². The van der Waals surface area contributed by atoms with Crippen LogP contribution < -0.4 is 5.43 Å². The Kier molecular flexibility index (Phi) is 4.47. The van der Waals surface area contributed by atoms with Gasteiger partial charge in [0.1, 0.15) is 0 Å². The number of carboxylic acids is 1. The van der Waals surface area contributed by atoms with Gasteiger partial charge >= 0.3 is 5.97 Å². The van der Waals surface area contributed by atoms with Crippen molar-refractivity contribution in [3.8, 4) is 0 Å². The van der Waals surface area contributed by atoms with Gasteiger partial charge in [-0.05, 0) is 54.8 Å². The first-order chi connectivity index (χ1) is 9.00. The number of nitrogens with zero attached hydrogens (tertiary/aromatic N) is 1. The molecule has 1 aliphatic rings. The molecule has 1 aliphatic heterocycles. The van der Waals surface area contributed by atoms with Gasteiger partial charge < -0.3 is 10.5 Å². The third-order valence-corrected chi connectivity index (χ3v) is 4.33. The molecular formula is C14H19BrN2O2. The van der Waals surface area contributed by atoms with Gasteiger partial charge in [0.05, 0.1) is 11.3 Å². The van der Waals surface area contributed by atoms with Crippen molar-refractivity contribution >= 4 is 27.6 Å². The Morgan fingerprint density at radius 1 is 1.37 bits per heavy atom. The summed E-state index contributed by atoms with van der Waals surface area (Å²) in [6.45, 7) is 4.34. The van der Waals surface area contributed by atoms with Crippen molar-refractivity contribution in [2.24, 2.45) is 0 Å². The zero-order valence-electron chi connectivity index (χ0n) is 11.2. The van der Waals surface area contributed by atoms with E-state index in [0.717, 1.165) is 12.8 Å². The van der Waals surface area contributed by atoms with Crippen molar-refractivity contribution in [2.75, 3.05) is 5.43 Å². The molecule has 104 valence electrons. The minimum Gasteiger partial charge on any atom is -0.478 e. The summed E-state index contributed by atoms with van der Waals surface area (Å²) in [5, 5.41) is 11.5. The van der Waals surface area contributed by atoms with E-state index in [2.05, 4.69) is 40.2 Å². The molecule has 2 atom stereocenters. The van der Waals surface area contributed by atoms with Gasteiger partial charge in [-0.15, -0.1) is 0 Å². The summed E-state index contributed by atoms with van der Waals surface area (Å²) in [6.07, 6.45) is 3.49. The fraction of sp³-hybridized carbons (Fsp3) is 0.500. The molecule has 2 unspecified atom stereocenters. The molecule has 0 bridgehead atoms. The number of piperidine rings is 1. The standard InChI is InChI=1S/C14H19BrN2O2/c1-9-5-3-6-10(2)17(9)16-12-8-4-7-11(15)13(12)14(18)19/h4,7-10,16H,3,5-6H2,1-2H3,(H,18,19). The number of aromatic carboxylic acids is 1. The van der Waals surface area contributed by atoms with Crippen LogP contribution >= 0.6 is 15.9 Å². The van der Waals surface area contributed by atoms with E-state index in [1.54, 1.807) is 6.07 Å². The van der Waals surface area contributed by atoms with Crippen LogP contribution in [0.15, 0.2) is 22.7 Å². The summed E-state index contributed by atoms with van der Waals surface area (Å²) in [5.74, 6) is -0.924. The quantitative estimate of drug-likeness (QED) is 0.888. The molecule has 1 aromatic rings. The predicted octanol–water partition coefficient (Wildman–Crippen LogP) is 3.74. The molecule has 5 heteroatoms. The molecule has 19 heavy (non-hydrogen) atoms. The van der Waals surface area contributed by atoms with Gasteiger partial charge in [0.15, 0.2) is 0 Å². The minimum absolute atomic E-state index is 0.285. The van der Waals surface area contributed by atoms with Crippen molar-refractivity contribution < 1.29 is 9.90 Å². The van der Waals surface area contributed by atoms with E-state index in [-0.39, 0.29) is 5.56 Å². The summed E-state index contributed by atoms with van der Waals surface area (Å²) in [6, 6.07) is 6.21. The van der Waals surface area contributed by atoms with Crippen LogP contribution in [-0.2, 0) is 0 Å². The van der Waals surface area contributed by atoms with Gasteiger partial charge in [-0.3, -0.25) is 0 Å². The summed E-state index contributed by atoms with van der Waals surface area (Å²) in [7, 11) is 0. The van der Waals surface area contributed by atoms with E-state index in [9.17, 15) is 9.90 Å². The summed E-state index contributed by atoms with van der Waals surface area (Å²) in [4.78, 5) is 11.4. The Hall–Kier alpha value is -1.07. The number of hydrogen-bond acceptors (Lipinski definition) is 3. The van der Waals surface area contributed by atoms with Crippen LogP contribution in [0, 0.1) is 0 Å². The molecular weight excluding hydrogens is 308 g/mol. The van der Waals surface area contributed by atoms with Gasteiger partial charge in [0.25, 0.3) is 0 Å². The number of rotatable bonds is 3. The van der Waals surface area contributed by atoms with Crippen LogP contribution in [0.2, 0.25) is 0 Å². The maximum absolute atomic E-state index is 11.4.